The summed E-state index contributed by atoms with van der Waals surface area (Å²) in [5, 5.41) is 23.5. The van der Waals surface area contributed by atoms with Crippen LogP contribution in [0, 0.1) is 11.3 Å². The highest BCUT2D eigenvalue weighted by Crippen LogP contribution is 2.64. The third kappa shape index (κ3) is 1.35. The number of hydrogen-bond donors (Lipinski definition) is 2. The minimum absolute atomic E-state index is 0.00963. The molecule has 0 aromatic heterocycles. The molecule has 1 aromatic carbocycles. The first-order chi connectivity index (χ1) is 9.57. The topological polar surface area (TPSA) is 52.8 Å². The molecular weight excluding hydrogens is 297 g/mol. The Morgan fingerprint density at radius 2 is 2.10 bits per heavy atom. The number of phenolic OH excluding ortho intramolecular Hbond substituents is 1. The van der Waals surface area contributed by atoms with E-state index in [4.69, 9.17) is 23.2 Å². The van der Waals surface area contributed by atoms with Gasteiger partial charge in [0.2, 0.25) is 0 Å². The molecule has 2 N–H and O–H groups in total. The first kappa shape index (κ1) is 12.5. The van der Waals surface area contributed by atoms with Crippen molar-refractivity contribution in [1.29, 1.82) is 0 Å². The summed E-state index contributed by atoms with van der Waals surface area (Å²) in [6, 6.07) is 3.48. The Balaban J connectivity index is 2.03. The Bertz CT molecular complexity index is 695. The quantitative estimate of drug-likeness (QED) is 0.558. The normalized spacial score (nSPS) is 32.7. The molecule has 1 spiro atoms. The fraction of sp³-hybridized carbons (Fsp3) is 0.400. The van der Waals surface area contributed by atoms with E-state index in [1.54, 1.807) is 6.07 Å². The molecule has 0 radical (unpaired) electrons. The van der Waals surface area contributed by atoms with Crippen LogP contribution in [0.5, 0.6) is 5.75 Å². The number of halogens is 2. The Labute approximate surface area is 126 Å². The van der Waals surface area contributed by atoms with Crippen LogP contribution in [0.4, 0.5) is 0 Å². The third-order valence-corrected chi connectivity index (χ3v) is 5.89. The lowest BCUT2D eigenvalue weighted by atomic mass is 9.74. The van der Waals surface area contributed by atoms with Gasteiger partial charge in [-0.25, -0.2) is 0 Å². The van der Waals surface area contributed by atoms with Gasteiger partial charge in [-0.15, -0.1) is 0 Å². The van der Waals surface area contributed by atoms with Gasteiger partial charge >= 0.3 is 0 Å². The van der Waals surface area contributed by atoms with Gasteiger partial charge in [0.05, 0.1) is 10.1 Å². The SMILES string of the molecule is O/N=C1/C(Cl)=C2c3ccc(O)c(Cl)c3C[C@]23CC[C@H]1C3. The second-order valence-corrected chi connectivity index (χ2v) is 6.75. The van der Waals surface area contributed by atoms with Crippen LogP contribution in [0.2, 0.25) is 5.02 Å². The van der Waals surface area contributed by atoms with Gasteiger partial charge in [-0.1, -0.05) is 34.4 Å². The van der Waals surface area contributed by atoms with Gasteiger partial charge in [-0.05, 0) is 48.4 Å². The molecule has 20 heavy (non-hydrogen) atoms. The van der Waals surface area contributed by atoms with Gasteiger partial charge in [-0.3, -0.25) is 0 Å². The molecule has 1 fully saturated rings. The summed E-state index contributed by atoms with van der Waals surface area (Å²) in [4.78, 5) is 0. The molecule has 3 aliphatic carbocycles. The Hall–Kier alpha value is -1.19. The standard InChI is InChI=1S/C15H13Cl2NO2/c16-12-9-6-15-4-3-7(5-15)14(18-20)13(17)11(15)8(9)1-2-10(12)19/h1-2,7,19-20H,3-6H2/b18-14+/t7-,15+/m0/s1. The second-order valence-electron chi connectivity index (χ2n) is 6.00. The highest BCUT2D eigenvalue weighted by atomic mass is 35.5. The average Bonchev–Trinajstić information content (AvgIpc) is 2.96. The van der Waals surface area contributed by atoms with E-state index >= 15 is 0 Å². The molecule has 1 saturated carbocycles. The summed E-state index contributed by atoms with van der Waals surface area (Å²) in [6.07, 6.45) is 3.77. The number of hydrogen-bond acceptors (Lipinski definition) is 3. The van der Waals surface area contributed by atoms with Crippen LogP contribution in [0.25, 0.3) is 5.57 Å². The molecule has 5 heteroatoms. The maximum Gasteiger partial charge on any atom is 0.134 e. The van der Waals surface area contributed by atoms with Crippen LogP contribution in [-0.2, 0) is 6.42 Å². The summed E-state index contributed by atoms with van der Waals surface area (Å²) in [5.41, 5.74) is 3.64. The zero-order valence-corrected chi connectivity index (χ0v) is 12.2. The Morgan fingerprint density at radius 3 is 2.85 bits per heavy atom. The van der Waals surface area contributed by atoms with Crippen molar-refractivity contribution in [2.24, 2.45) is 16.5 Å². The first-order valence-corrected chi connectivity index (χ1v) is 7.46. The summed E-state index contributed by atoms with van der Waals surface area (Å²) in [7, 11) is 0. The van der Waals surface area contributed by atoms with Crippen molar-refractivity contribution < 1.29 is 10.3 Å². The predicted octanol–water partition coefficient (Wildman–Crippen LogP) is 4.18. The molecule has 0 aliphatic heterocycles. The molecule has 2 atom stereocenters. The number of fused-ring (bicyclic) bond motifs is 3. The predicted molar refractivity (Wildman–Crippen MR) is 78.6 cm³/mol. The lowest BCUT2D eigenvalue weighted by Crippen LogP contribution is -2.26. The van der Waals surface area contributed by atoms with Gasteiger partial charge in [-0.2, -0.15) is 0 Å². The molecule has 4 rings (SSSR count). The smallest absolute Gasteiger partial charge is 0.134 e. The van der Waals surface area contributed by atoms with E-state index in [0.29, 0.717) is 15.8 Å². The summed E-state index contributed by atoms with van der Waals surface area (Å²) < 4.78 is 0. The highest BCUT2D eigenvalue weighted by molar-refractivity contribution is 6.48. The average molecular weight is 310 g/mol. The monoisotopic (exact) mass is 309 g/mol. The second kappa shape index (κ2) is 3.92. The van der Waals surface area contributed by atoms with E-state index in [2.05, 4.69) is 5.16 Å². The van der Waals surface area contributed by atoms with E-state index in [-0.39, 0.29) is 17.1 Å². The van der Waals surface area contributed by atoms with Gasteiger partial charge in [0, 0.05) is 11.3 Å². The molecule has 0 unspecified atom stereocenters. The minimum Gasteiger partial charge on any atom is -0.506 e. The summed E-state index contributed by atoms with van der Waals surface area (Å²) >= 11 is 12.8. The first-order valence-electron chi connectivity index (χ1n) is 6.71. The highest BCUT2D eigenvalue weighted by Gasteiger charge is 2.54. The van der Waals surface area contributed by atoms with E-state index < -0.39 is 0 Å². The molecule has 2 bridgehead atoms. The number of aromatic hydroxyl groups is 1. The molecule has 0 amide bonds. The van der Waals surface area contributed by atoms with E-state index in [1.807, 2.05) is 6.07 Å². The lowest BCUT2D eigenvalue weighted by molar-refractivity contribution is 0.313. The van der Waals surface area contributed by atoms with Gasteiger partial charge < -0.3 is 10.3 Å². The van der Waals surface area contributed by atoms with Crippen molar-refractivity contribution in [2.75, 3.05) is 0 Å². The van der Waals surface area contributed by atoms with Crippen molar-refractivity contribution in [3.8, 4) is 5.75 Å². The fourth-order valence-corrected chi connectivity index (χ4v) is 4.99. The van der Waals surface area contributed by atoms with Crippen molar-refractivity contribution in [2.45, 2.75) is 25.7 Å². The molecule has 3 nitrogen and oxygen atoms in total. The van der Waals surface area contributed by atoms with Gasteiger partial charge in [0.25, 0.3) is 0 Å². The Morgan fingerprint density at radius 1 is 1.30 bits per heavy atom. The maximum absolute atomic E-state index is 9.80. The maximum atomic E-state index is 9.80. The van der Waals surface area contributed by atoms with Crippen LogP contribution >= 0.6 is 23.2 Å². The third-order valence-electron chi connectivity index (χ3n) is 5.08. The van der Waals surface area contributed by atoms with Crippen molar-refractivity contribution in [1.82, 2.24) is 0 Å². The van der Waals surface area contributed by atoms with Crippen molar-refractivity contribution in [3.63, 3.8) is 0 Å². The van der Waals surface area contributed by atoms with E-state index in [9.17, 15) is 10.3 Å². The van der Waals surface area contributed by atoms with Crippen LogP contribution < -0.4 is 0 Å². The summed E-state index contributed by atoms with van der Waals surface area (Å²) in [6.45, 7) is 0. The lowest BCUT2D eigenvalue weighted by Gasteiger charge is -2.31. The van der Waals surface area contributed by atoms with Crippen LogP contribution in [0.1, 0.15) is 30.4 Å². The fourth-order valence-electron chi connectivity index (χ4n) is 4.26. The number of phenols is 1. The van der Waals surface area contributed by atoms with Gasteiger partial charge in [0.1, 0.15) is 11.5 Å². The zero-order chi connectivity index (χ0) is 14.1. The van der Waals surface area contributed by atoms with Crippen LogP contribution in [-0.4, -0.2) is 16.0 Å². The molecule has 104 valence electrons. The number of allylic oxidation sites excluding steroid dienone is 2. The molecule has 0 saturated heterocycles. The van der Waals surface area contributed by atoms with E-state index in [0.717, 1.165) is 42.4 Å². The van der Waals surface area contributed by atoms with E-state index in [1.165, 1.54) is 0 Å². The van der Waals surface area contributed by atoms with Gasteiger partial charge in [0.15, 0.2) is 0 Å². The minimum atomic E-state index is 0.00963. The summed E-state index contributed by atoms with van der Waals surface area (Å²) in [5.74, 6) is 0.348. The van der Waals surface area contributed by atoms with Crippen molar-refractivity contribution >= 4 is 34.5 Å². The number of rotatable bonds is 0. The van der Waals surface area contributed by atoms with Crippen LogP contribution in [0.15, 0.2) is 22.3 Å². The zero-order valence-electron chi connectivity index (χ0n) is 10.7. The largest absolute Gasteiger partial charge is 0.506 e. The molecule has 0 heterocycles. The molecule has 3 aliphatic rings. The number of benzene rings is 1. The number of nitrogens with zero attached hydrogens (tertiary/aromatic N) is 1. The van der Waals surface area contributed by atoms with Crippen molar-refractivity contribution in [3.05, 3.63) is 33.3 Å². The Kier molecular flexibility index (Phi) is 2.46. The number of oxime groups is 1. The molecule has 1 aromatic rings. The van der Waals surface area contributed by atoms with Crippen LogP contribution in [0.3, 0.4) is 0 Å². The molecular formula is C15H13Cl2NO2.